The SMILES string of the molecule is C[C@H]1CCCC[C@H]1N1C(=O)C(=O)N(CC(=O)NC(=O)NCCC2=CCCCC2)C1=O. The quantitative estimate of drug-likeness (QED) is 0.389. The van der Waals surface area contributed by atoms with Gasteiger partial charge in [0.1, 0.15) is 6.54 Å². The highest BCUT2D eigenvalue weighted by molar-refractivity contribution is 6.45. The van der Waals surface area contributed by atoms with Gasteiger partial charge in [-0.25, -0.2) is 14.5 Å². The summed E-state index contributed by atoms with van der Waals surface area (Å²) in [6, 6.07) is -1.78. The molecule has 0 aromatic carbocycles. The molecular weight excluding hydrogens is 388 g/mol. The number of hydrogen-bond acceptors (Lipinski definition) is 5. The Hall–Kier alpha value is -2.71. The summed E-state index contributed by atoms with van der Waals surface area (Å²) in [5, 5.41) is 4.73. The van der Waals surface area contributed by atoms with E-state index in [9.17, 15) is 24.0 Å². The molecule has 9 heteroatoms. The van der Waals surface area contributed by atoms with E-state index in [1.807, 2.05) is 6.92 Å². The van der Waals surface area contributed by atoms with Gasteiger partial charge in [-0.05, 0) is 50.9 Å². The molecule has 30 heavy (non-hydrogen) atoms. The number of carbonyl (C=O) groups is 5. The third-order valence-electron chi connectivity index (χ3n) is 6.15. The number of nitrogens with one attached hydrogen (secondary N) is 2. The van der Waals surface area contributed by atoms with Gasteiger partial charge in [-0.3, -0.25) is 24.6 Å². The Labute approximate surface area is 176 Å². The lowest BCUT2D eigenvalue weighted by Crippen LogP contribution is -2.48. The van der Waals surface area contributed by atoms with Gasteiger partial charge in [0, 0.05) is 12.6 Å². The fraction of sp³-hybridized carbons (Fsp3) is 0.667. The summed E-state index contributed by atoms with van der Waals surface area (Å²) in [5.41, 5.74) is 1.30. The Kier molecular flexibility index (Phi) is 7.23. The molecule has 0 unspecified atom stereocenters. The summed E-state index contributed by atoms with van der Waals surface area (Å²) in [4.78, 5) is 63.0. The second kappa shape index (κ2) is 9.86. The van der Waals surface area contributed by atoms with Crippen molar-refractivity contribution in [1.82, 2.24) is 20.4 Å². The van der Waals surface area contributed by atoms with Gasteiger partial charge in [0.15, 0.2) is 0 Å². The first-order valence-corrected chi connectivity index (χ1v) is 10.8. The molecule has 1 aliphatic heterocycles. The molecule has 3 rings (SSSR count). The van der Waals surface area contributed by atoms with E-state index in [1.165, 1.54) is 12.0 Å². The Morgan fingerprint density at radius 2 is 1.83 bits per heavy atom. The van der Waals surface area contributed by atoms with Crippen molar-refractivity contribution in [1.29, 1.82) is 0 Å². The molecule has 1 heterocycles. The predicted molar refractivity (Wildman–Crippen MR) is 108 cm³/mol. The first-order valence-electron chi connectivity index (χ1n) is 10.8. The van der Waals surface area contributed by atoms with Crippen molar-refractivity contribution in [3.63, 3.8) is 0 Å². The monoisotopic (exact) mass is 418 g/mol. The largest absolute Gasteiger partial charge is 0.337 e. The summed E-state index contributed by atoms with van der Waals surface area (Å²) in [7, 11) is 0. The molecule has 1 saturated heterocycles. The van der Waals surface area contributed by atoms with Crippen molar-refractivity contribution in [2.45, 2.75) is 70.8 Å². The maximum absolute atomic E-state index is 12.7. The Morgan fingerprint density at radius 1 is 1.07 bits per heavy atom. The molecule has 0 radical (unpaired) electrons. The summed E-state index contributed by atoms with van der Waals surface area (Å²) in [5.74, 6) is -2.61. The molecule has 2 aliphatic carbocycles. The molecular formula is C21H30N4O5. The van der Waals surface area contributed by atoms with E-state index in [0.29, 0.717) is 17.9 Å². The van der Waals surface area contributed by atoms with Crippen molar-refractivity contribution in [3.8, 4) is 0 Å². The van der Waals surface area contributed by atoms with Crippen LogP contribution in [-0.2, 0) is 14.4 Å². The van der Waals surface area contributed by atoms with Gasteiger partial charge < -0.3 is 5.32 Å². The van der Waals surface area contributed by atoms with E-state index in [0.717, 1.165) is 49.8 Å². The predicted octanol–water partition coefficient (Wildman–Crippen LogP) is 2.07. The van der Waals surface area contributed by atoms with E-state index in [4.69, 9.17) is 0 Å². The smallest absolute Gasteiger partial charge is 0.334 e. The van der Waals surface area contributed by atoms with Crippen LogP contribution in [0, 0.1) is 5.92 Å². The minimum Gasteiger partial charge on any atom is -0.337 e. The van der Waals surface area contributed by atoms with Crippen molar-refractivity contribution in [2.75, 3.05) is 13.1 Å². The van der Waals surface area contributed by atoms with Crippen LogP contribution in [0.15, 0.2) is 11.6 Å². The highest BCUT2D eigenvalue weighted by Gasteiger charge is 2.49. The van der Waals surface area contributed by atoms with Gasteiger partial charge in [0.25, 0.3) is 0 Å². The number of amides is 7. The average molecular weight is 418 g/mol. The lowest BCUT2D eigenvalue weighted by molar-refractivity contribution is -0.145. The molecule has 2 atom stereocenters. The van der Waals surface area contributed by atoms with E-state index >= 15 is 0 Å². The van der Waals surface area contributed by atoms with Crippen LogP contribution in [0.3, 0.4) is 0 Å². The van der Waals surface area contributed by atoms with Gasteiger partial charge in [0.05, 0.1) is 0 Å². The summed E-state index contributed by atoms with van der Waals surface area (Å²) in [6.07, 6.45) is 10.8. The number of carbonyl (C=O) groups excluding carboxylic acids is 5. The zero-order valence-electron chi connectivity index (χ0n) is 17.4. The normalized spacial score (nSPS) is 24.7. The van der Waals surface area contributed by atoms with Crippen LogP contribution in [0.25, 0.3) is 0 Å². The van der Waals surface area contributed by atoms with Crippen LogP contribution in [0.2, 0.25) is 0 Å². The van der Waals surface area contributed by atoms with Crippen LogP contribution in [0.4, 0.5) is 9.59 Å². The third kappa shape index (κ3) is 5.06. The van der Waals surface area contributed by atoms with Crippen LogP contribution in [-0.4, -0.2) is 58.7 Å². The van der Waals surface area contributed by atoms with Gasteiger partial charge in [-0.2, -0.15) is 0 Å². The fourth-order valence-corrected chi connectivity index (χ4v) is 4.46. The van der Waals surface area contributed by atoms with Crippen molar-refractivity contribution in [3.05, 3.63) is 11.6 Å². The highest BCUT2D eigenvalue weighted by atomic mass is 16.2. The second-order valence-corrected chi connectivity index (χ2v) is 8.34. The van der Waals surface area contributed by atoms with E-state index in [2.05, 4.69) is 16.7 Å². The molecule has 0 spiro atoms. The molecule has 1 saturated carbocycles. The molecule has 2 N–H and O–H groups in total. The minimum absolute atomic E-state index is 0.110. The average Bonchev–Trinajstić information content (AvgIpc) is 2.92. The van der Waals surface area contributed by atoms with Crippen molar-refractivity contribution < 1.29 is 24.0 Å². The van der Waals surface area contributed by atoms with Gasteiger partial charge in [-0.1, -0.05) is 31.4 Å². The van der Waals surface area contributed by atoms with E-state index in [1.54, 1.807) is 0 Å². The maximum Gasteiger partial charge on any atom is 0.334 e. The van der Waals surface area contributed by atoms with Crippen LogP contribution < -0.4 is 10.6 Å². The minimum atomic E-state index is -1.02. The van der Waals surface area contributed by atoms with Crippen molar-refractivity contribution in [2.24, 2.45) is 5.92 Å². The molecule has 3 aliphatic rings. The van der Waals surface area contributed by atoms with Crippen LogP contribution in [0.1, 0.15) is 64.7 Å². The Morgan fingerprint density at radius 3 is 2.53 bits per heavy atom. The Bertz CT molecular complexity index is 762. The van der Waals surface area contributed by atoms with Crippen molar-refractivity contribution >= 4 is 29.8 Å². The zero-order valence-corrected chi connectivity index (χ0v) is 17.4. The number of nitrogens with zero attached hydrogens (tertiary/aromatic N) is 2. The third-order valence-corrected chi connectivity index (χ3v) is 6.15. The zero-order chi connectivity index (χ0) is 21.7. The van der Waals surface area contributed by atoms with Crippen LogP contribution >= 0.6 is 0 Å². The molecule has 7 amide bonds. The number of hydrogen-bond donors (Lipinski definition) is 2. The van der Waals surface area contributed by atoms with Crippen LogP contribution in [0.5, 0.6) is 0 Å². The number of urea groups is 2. The maximum atomic E-state index is 12.7. The number of allylic oxidation sites excluding steroid dienone is 1. The molecule has 2 fully saturated rings. The summed E-state index contributed by atoms with van der Waals surface area (Å²) >= 11 is 0. The Balaban J connectivity index is 1.48. The fourth-order valence-electron chi connectivity index (χ4n) is 4.46. The van der Waals surface area contributed by atoms with Gasteiger partial charge in [-0.15, -0.1) is 0 Å². The van der Waals surface area contributed by atoms with Gasteiger partial charge >= 0.3 is 23.9 Å². The lowest BCUT2D eigenvalue weighted by atomic mass is 9.85. The number of rotatable bonds is 6. The summed E-state index contributed by atoms with van der Waals surface area (Å²) in [6.45, 7) is 1.70. The molecule has 9 nitrogen and oxygen atoms in total. The van der Waals surface area contributed by atoms with E-state index in [-0.39, 0.29) is 12.0 Å². The molecule has 0 aromatic heterocycles. The lowest BCUT2D eigenvalue weighted by Gasteiger charge is -2.34. The standard InChI is InChI=1S/C21H30N4O5/c1-14-7-5-6-10-16(14)25-19(28)18(27)24(21(25)30)13-17(26)23-20(29)22-12-11-15-8-3-2-4-9-15/h8,14,16H,2-7,9-13H2,1H3,(H2,22,23,26,29)/t14-,16+/m0/s1. The second-order valence-electron chi connectivity index (χ2n) is 8.34. The topological polar surface area (TPSA) is 116 Å². The van der Waals surface area contributed by atoms with E-state index < -0.39 is 36.3 Å². The van der Waals surface area contributed by atoms with Gasteiger partial charge in [0.2, 0.25) is 5.91 Å². The highest BCUT2D eigenvalue weighted by Crippen LogP contribution is 2.31. The summed E-state index contributed by atoms with van der Waals surface area (Å²) < 4.78 is 0. The number of imide groups is 3. The first kappa shape index (κ1) is 22.0. The molecule has 164 valence electrons. The molecule has 0 bridgehead atoms. The first-order chi connectivity index (χ1) is 14.4. The molecule has 0 aromatic rings.